The van der Waals surface area contributed by atoms with Crippen molar-refractivity contribution < 1.29 is 43.2 Å². The van der Waals surface area contributed by atoms with Crippen molar-refractivity contribution in [3.8, 4) is 0 Å². The Morgan fingerprint density at radius 2 is 0.902 bits per heavy atom. The Hall–Kier alpha value is -8.63. The summed E-state index contributed by atoms with van der Waals surface area (Å²) in [6.07, 6.45) is 7.21. The highest BCUT2D eigenvalue weighted by molar-refractivity contribution is 5.96. The normalized spacial score (nSPS) is 13.5. The van der Waals surface area contributed by atoms with Crippen molar-refractivity contribution in [2.45, 2.75) is 140 Å². The van der Waals surface area contributed by atoms with Gasteiger partial charge in [-0.3, -0.25) is 63.1 Å². The van der Waals surface area contributed by atoms with Crippen LogP contribution in [-0.4, -0.2) is 237 Å². The van der Waals surface area contributed by atoms with E-state index in [2.05, 4.69) is 41.2 Å². The van der Waals surface area contributed by atoms with E-state index in [1.807, 2.05) is 0 Å². The maximum Gasteiger partial charge on any atom is 0.245 e. The van der Waals surface area contributed by atoms with Gasteiger partial charge in [0.1, 0.15) is 30.7 Å². The molecule has 4 unspecified atom stereocenters. The van der Waals surface area contributed by atoms with Crippen LogP contribution in [0.15, 0.2) is 50.3 Å². The van der Waals surface area contributed by atoms with Crippen molar-refractivity contribution in [3.05, 3.63) is 35.9 Å². The van der Waals surface area contributed by atoms with E-state index in [-0.39, 0.29) is 147 Å². The maximum absolute atomic E-state index is 14.8. The fourth-order valence-electron chi connectivity index (χ4n) is 9.93. The van der Waals surface area contributed by atoms with Crippen LogP contribution in [0.3, 0.4) is 0 Å². The molecule has 0 saturated carbocycles. The highest BCUT2D eigenvalue weighted by Gasteiger charge is 2.38. The average Bonchev–Trinajstić information content (AvgIpc) is 1.75. The zero-order valence-corrected chi connectivity index (χ0v) is 53.6. The number of unbranched alkanes of at least 4 members (excludes halogenated alkanes) is 5. The molecule has 9 amide bonds. The molecule has 518 valence electrons. The van der Waals surface area contributed by atoms with E-state index in [0.29, 0.717) is 63.6 Å². The molecule has 34 nitrogen and oxygen atoms in total. The van der Waals surface area contributed by atoms with Crippen molar-refractivity contribution in [2.75, 3.05) is 111 Å². The van der Waals surface area contributed by atoms with Crippen molar-refractivity contribution in [2.24, 2.45) is 88.8 Å². The highest BCUT2D eigenvalue weighted by Crippen LogP contribution is 2.20. The maximum atomic E-state index is 14.8. The van der Waals surface area contributed by atoms with Crippen LogP contribution in [0.4, 0.5) is 0 Å². The fourth-order valence-corrected chi connectivity index (χ4v) is 9.93. The number of primary amides is 1. The summed E-state index contributed by atoms with van der Waals surface area (Å²) in [5.41, 5.74) is 68.2. The molecule has 1 aliphatic heterocycles. The van der Waals surface area contributed by atoms with Gasteiger partial charge in [-0.15, -0.1) is 0 Å². The molecule has 1 heterocycles. The van der Waals surface area contributed by atoms with Gasteiger partial charge in [0.05, 0.1) is 26.2 Å². The number of amides is 9. The quantitative estimate of drug-likeness (QED) is 0.0164. The molecule has 28 N–H and O–H groups in total. The molecule has 1 aromatic carbocycles. The molecule has 1 saturated heterocycles. The van der Waals surface area contributed by atoms with Crippen LogP contribution in [0.2, 0.25) is 0 Å². The van der Waals surface area contributed by atoms with Crippen molar-refractivity contribution in [1.82, 2.24) is 45.8 Å². The zero-order valence-electron chi connectivity index (χ0n) is 53.6. The summed E-state index contributed by atoms with van der Waals surface area (Å²) in [5.74, 6) is -6.55. The van der Waals surface area contributed by atoms with Crippen LogP contribution in [0.1, 0.15) is 115 Å². The van der Waals surface area contributed by atoms with Gasteiger partial charge in [0, 0.05) is 58.9 Å². The first-order valence-corrected chi connectivity index (χ1v) is 31.7. The summed E-state index contributed by atoms with van der Waals surface area (Å²) in [4.78, 5) is 150. The summed E-state index contributed by atoms with van der Waals surface area (Å²) in [5, 5.41) is 11.4. The summed E-state index contributed by atoms with van der Waals surface area (Å²) < 4.78 is 0. The second-order valence-electron chi connectivity index (χ2n) is 22.4. The van der Waals surface area contributed by atoms with Crippen LogP contribution >= 0.6 is 0 Å². The Bertz CT molecular complexity index is 2540. The standard InChI is InChI=1S/C58H107N25O9/c59-23-8-1-2-11-26-71-35-47(85)80(32-15-29-74-57(67)68)38-48(86)81(33-16-30-75-58(69)70)39-50(88)82(36-41-17-4-3-5-18-41)40-49(87)79(31-14-28-73-56(65)66)37-46(84)76-42(19-6-9-24-60)52(90)77-43(20-7-10-25-61)53(91)78-44(21-12-27-72-55(63)64)54(92)83-34-13-22-45(83)51(62)89/h3-5,17-18,42-45,71H,1-2,6-16,19-40,59-61H2,(H2,62,89)(H,76,84)(H,77,90)(H,78,91)(H4,63,64,72)(H4,65,66,73)(H4,67,68,74)(H4,69,70,75). The van der Waals surface area contributed by atoms with Crippen molar-refractivity contribution in [3.63, 3.8) is 0 Å². The monoisotopic (exact) mass is 1300 g/mol. The Balaban J connectivity index is 2.56. The van der Waals surface area contributed by atoms with Crippen LogP contribution in [0.25, 0.3) is 0 Å². The molecule has 1 fully saturated rings. The van der Waals surface area contributed by atoms with E-state index < -0.39 is 97.6 Å². The number of nitrogens with one attached hydrogen (secondary N) is 4. The van der Waals surface area contributed by atoms with Gasteiger partial charge in [-0.25, -0.2) is 0 Å². The van der Waals surface area contributed by atoms with Crippen molar-refractivity contribution in [1.29, 1.82) is 0 Å². The Labute approximate surface area is 540 Å². The van der Waals surface area contributed by atoms with E-state index in [1.54, 1.807) is 30.3 Å². The summed E-state index contributed by atoms with van der Waals surface area (Å²) in [6, 6.07) is 4.19. The number of aliphatic imine (C=N–C) groups is 4. The molecule has 2 rings (SSSR count). The molecule has 34 heteroatoms. The van der Waals surface area contributed by atoms with Crippen LogP contribution in [0, 0.1) is 0 Å². The molecule has 0 aromatic heterocycles. The topological polar surface area (TPSA) is 580 Å². The third-order valence-electron chi connectivity index (χ3n) is 14.8. The van der Waals surface area contributed by atoms with Crippen LogP contribution in [0.5, 0.6) is 0 Å². The summed E-state index contributed by atoms with van der Waals surface area (Å²) >= 11 is 0. The number of likely N-dealkylation sites (tertiary alicyclic amines) is 1. The van der Waals surface area contributed by atoms with Crippen molar-refractivity contribution >= 4 is 77.0 Å². The lowest BCUT2D eigenvalue weighted by atomic mass is 10.0. The SMILES string of the molecule is NCCCCCCNCC(=O)N(CCCN=C(N)N)CC(=O)N(CCCN=C(N)N)CC(=O)N(CC(=O)N(CCCN=C(N)N)CC(=O)NC(CCCCN)C(=O)NC(CCCCN)C(=O)NC(CCCN=C(N)N)C(=O)N1CCCC1C(N)=O)Cc1ccccc1. The second kappa shape index (κ2) is 46.4. The minimum Gasteiger partial charge on any atom is -0.370 e. The smallest absolute Gasteiger partial charge is 0.245 e. The lowest BCUT2D eigenvalue weighted by Gasteiger charge is -2.31. The molecule has 1 aliphatic rings. The zero-order chi connectivity index (χ0) is 68.2. The summed E-state index contributed by atoms with van der Waals surface area (Å²) in [7, 11) is 0. The third-order valence-corrected chi connectivity index (χ3v) is 14.8. The average molecular weight is 1300 g/mol. The van der Waals surface area contributed by atoms with Crippen LogP contribution < -0.4 is 90.1 Å². The van der Waals surface area contributed by atoms with E-state index in [0.717, 1.165) is 25.7 Å². The van der Waals surface area contributed by atoms with Gasteiger partial charge in [0.2, 0.25) is 53.2 Å². The van der Waals surface area contributed by atoms with Gasteiger partial charge in [0.25, 0.3) is 0 Å². The van der Waals surface area contributed by atoms with E-state index in [4.69, 9.17) is 68.8 Å². The lowest BCUT2D eigenvalue weighted by Crippen LogP contribution is -2.58. The molecule has 92 heavy (non-hydrogen) atoms. The number of carbonyl (C=O) groups is 9. The molecule has 0 aliphatic carbocycles. The predicted molar refractivity (Wildman–Crippen MR) is 353 cm³/mol. The Kier molecular flexibility index (Phi) is 40.1. The number of rotatable bonds is 49. The molecular formula is C58H107N25O9. The number of benzene rings is 1. The van der Waals surface area contributed by atoms with E-state index >= 15 is 0 Å². The molecule has 4 atom stereocenters. The van der Waals surface area contributed by atoms with Crippen LogP contribution in [-0.2, 0) is 49.7 Å². The highest BCUT2D eigenvalue weighted by atomic mass is 16.2. The first-order valence-electron chi connectivity index (χ1n) is 31.7. The van der Waals surface area contributed by atoms with Gasteiger partial charge in [0.15, 0.2) is 23.8 Å². The number of carbonyl (C=O) groups excluding carboxylic acids is 9. The first-order chi connectivity index (χ1) is 44.0. The Morgan fingerprint density at radius 1 is 0.478 bits per heavy atom. The van der Waals surface area contributed by atoms with Gasteiger partial charge < -0.3 is 115 Å². The van der Waals surface area contributed by atoms with Gasteiger partial charge in [-0.05, 0) is 128 Å². The molecule has 0 spiro atoms. The number of hydrogen-bond donors (Lipinski definition) is 16. The van der Waals surface area contributed by atoms with Gasteiger partial charge in [-0.1, -0.05) is 43.2 Å². The summed E-state index contributed by atoms with van der Waals surface area (Å²) in [6.45, 7) is -0.135. The van der Waals surface area contributed by atoms with Gasteiger partial charge >= 0.3 is 0 Å². The fraction of sp³-hybridized carbons (Fsp3) is 0.672. The predicted octanol–water partition coefficient (Wildman–Crippen LogP) is -6.16. The largest absolute Gasteiger partial charge is 0.370 e. The van der Waals surface area contributed by atoms with Gasteiger partial charge in [-0.2, -0.15) is 0 Å². The first kappa shape index (κ1) is 79.5. The molecular weight excluding hydrogens is 1190 g/mol. The number of guanidine groups is 4. The lowest BCUT2D eigenvalue weighted by molar-refractivity contribution is -0.147. The van der Waals surface area contributed by atoms with E-state index in [1.165, 1.54) is 24.5 Å². The number of nitrogens with two attached hydrogens (primary N) is 12. The third kappa shape index (κ3) is 34.0. The minimum absolute atomic E-state index is 0.0404. The minimum atomic E-state index is -1.28. The molecule has 1 aromatic rings. The van der Waals surface area contributed by atoms with E-state index in [9.17, 15) is 43.2 Å². The number of nitrogens with zero attached hydrogens (tertiary/aromatic N) is 9. The Morgan fingerprint density at radius 3 is 1.40 bits per heavy atom. The molecule has 0 bridgehead atoms. The second-order valence-corrected chi connectivity index (χ2v) is 22.4. The number of hydrogen-bond acceptors (Lipinski definition) is 17. The molecule has 0 radical (unpaired) electrons.